The van der Waals surface area contributed by atoms with Crippen LogP contribution in [0.25, 0.3) is 0 Å². The second kappa shape index (κ2) is 9.36. The fraction of sp³-hybridized carbons (Fsp3) is 0.522. The molecule has 8 heteroatoms. The van der Waals surface area contributed by atoms with Gasteiger partial charge in [-0.15, -0.1) is 16.4 Å². The topological polar surface area (TPSA) is 59.3 Å². The molecule has 1 unspecified atom stereocenters. The molecule has 1 aromatic carbocycles. The van der Waals surface area contributed by atoms with Gasteiger partial charge in [0.15, 0.2) is 5.82 Å². The van der Waals surface area contributed by atoms with Crippen molar-refractivity contribution in [2.75, 3.05) is 38.2 Å². The zero-order valence-corrected chi connectivity index (χ0v) is 18.9. The Morgan fingerprint density at radius 1 is 1.03 bits per heavy atom. The molecule has 164 valence electrons. The van der Waals surface area contributed by atoms with Crippen molar-refractivity contribution in [3.05, 3.63) is 52.5 Å². The third-order valence-corrected chi connectivity index (χ3v) is 7.52. The van der Waals surface area contributed by atoms with E-state index in [0.29, 0.717) is 6.04 Å². The summed E-state index contributed by atoms with van der Waals surface area (Å²) < 4.78 is 7.55. The number of rotatable bonds is 6. The molecule has 0 spiro atoms. The Morgan fingerprint density at radius 3 is 2.61 bits per heavy atom. The van der Waals surface area contributed by atoms with Gasteiger partial charge in [0.1, 0.15) is 11.8 Å². The molecule has 2 aliphatic rings. The van der Waals surface area contributed by atoms with Crippen LogP contribution in [0.4, 0.5) is 5.69 Å². The van der Waals surface area contributed by atoms with Crippen molar-refractivity contribution in [1.82, 2.24) is 25.1 Å². The van der Waals surface area contributed by atoms with Gasteiger partial charge in [-0.1, -0.05) is 31.4 Å². The monoisotopic (exact) mass is 438 g/mol. The van der Waals surface area contributed by atoms with Gasteiger partial charge in [0.2, 0.25) is 0 Å². The molecule has 1 saturated heterocycles. The highest BCUT2D eigenvalue weighted by molar-refractivity contribution is 7.10. The second-order valence-electron chi connectivity index (χ2n) is 8.42. The minimum Gasteiger partial charge on any atom is -0.497 e. The average Bonchev–Trinajstić information content (AvgIpc) is 3.54. The molecule has 1 atom stereocenters. The highest BCUT2D eigenvalue weighted by Crippen LogP contribution is 2.35. The van der Waals surface area contributed by atoms with E-state index in [1.807, 2.05) is 6.07 Å². The maximum absolute atomic E-state index is 5.41. The fourth-order valence-electron chi connectivity index (χ4n) is 4.93. The summed E-state index contributed by atoms with van der Waals surface area (Å²) >= 11 is 1.80. The summed E-state index contributed by atoms with van der Waals surface area (Å²) in [6.07, 6.45) is 6.23. The van der Waals surface area contributed by atoms with Crippen LogP contribution >= 0.6 is 11.3 Å². The molecule has 0 N–H and O–H groups in total. The van der Waals surface area contributed by atoms with Crippen LogP contribution in [0.5, 0.6) is 5.75 Å². The van der Waals surface area contributed by atoms with E-state index < -0.39 is 0 Å². The van der Waals surface area contributed by atoms with Gasteiger partial charge >= 0.3 is 0 Å². The summed E-state index contributed by atoms with van der Waals surface area (Å²) in [6, 6.07) is 13.3. The molecule has 2 aromatic heterocycles. The fourth-order valence-corrected chi connectivity index (χ4v) is 5.78. The number of ether oxygens (including phenoxy) is 1. The van der Waals surface area contributed by atoms with Crippen molar-refractivity contribution < 1.29 is 4.74 Å². The van der Waals surface area contributed by atoms with Gasteiger partial charge < -0.3 is 9.64 Å². The van der Waals surface area contributed by atoms with Gasteiger partial charge in [-0.05, 0) is 46.8 Å². The number of benzene rings is 1. The van der Waals surface area contributed by atoms with E-state index in [2.05, 4.69) is 65.7 Å². The first kappa shape index (κ1) is 20.5. The summed E-state index contributed by atoms with van der Waals surface area (Å²) in [5, 5.41) is 15.3. The Kier molecular flexibility index (Phi) is 6.18. The number of tetrazole rings is 1. The third-order valence-electron chi connectivity index (χ3n) is 6.59. The second-order valence-corrected chi connectivity index (χ2v) is 9.40. The number of piperazine rings is 1. The Bertz CT molecular complexity index is 960. The molecule has 31 heavy (non-hydrogen) atoms. The maximum Gasteiger partial charge on any atom is 0.174 e. The number of nitrogens with zero attached hydrogens (tertiary/aromatic N) is 6. The van der Waals surface area contributed by atoms with E-state index in [-0.39, 0.29) is 6.04 Å². The molecule has 0 bridgehead atoms. The molecular formula is C23H30N6OS. The molecule has 0 amide bonds. The summed E-state index contributed by atoms with van der Waals surface area (Å²) in [5.41, 5.74) is 1.22. The van der Waals surface area contributed by atoms with Gasteiger partial charge in [-0.2, -0.15) is 0 Å². The number of hydrogen-bond donors (Lipinski definition) is 0. The van der Waals surface area contributed by atoms with Crippen molar-refractivity contribution in [1.29, 1.82) is 0 Å². The summed E-state index contributed by atoms with van der Waals surface area (Å²) in [7, 11) is 1.72. The number of anilines is 1. The van der Waals surface area contributed by atoms with Crippen molar-refractivity contribution in [2.45, 2.75) is 44.2 Å². The van der Waals surface area contributed by atoms with Crippen LogP contribution in [0, 0.1) is 0 Å². The molecule has 1 aliphatic heterocycles. The van der Waals surface area contributed by atoms with Crippen LogP contribution < -0.4 is 9.64 Å². The first-order chi connectivity index (χ1) is 15.3. The highest BCUT2D eigenvalue weighted by atomic mass is 32.1. The van der Waals surface area contributed by atoms with E-state index in [4.69, 9.17) is 4.74 Å². The van der Waals surface area contributed by atoms with Crippen LogP contribution in [0.2, 0.25) is 0 Å². The molecule has 3 aromatic rings. The number of aromatic nitrogens is 4. The molecule has 7 nitrogen and oxygen atoms in total. The van der Waals surface area contributed by atoms with E-state index in [9.17, 15) is 0 Å². The van der Waals surface area contributed by atoms with Gasteiger partial charge in [0.05, 0.1) is 13.2 Å². The average molecular weight is 439 g/mol. The molecular weight excluding hydrogens is 408 g/mol. The lowest BCUT2D eigenvalue weighted by Gasteiger charge is -2.39. The maximum atomic E-state index is 5.41. The van der Waals surface area contributed by atoms with E-state index in [1.54, 1.807) is 18.4 Å². The quantitative estimate of drug-likeness (QED) is 0.576. The van der Waals surface area contributed by atoms with Gasteiger partial charge in [-0.3, -0.25) is 4.90 Å². The Hall–Kier alpha value is -2.45. The van der Waals surface area contributed by atoms with Crippen molar-refractivity contribution in [3.8, 4) is 5.75 Å². The normalized spacial score (nSPS) is 19.5. The zero-order chi connectivity index (χ0) is 21.0. The Morgan fingerprint density at radius 2 is 1.87 bits per heavy atom. The SMILES string of the molecule is COc1cccc(N2CCN(C(c3cccs3)c3nnnn3C3CCCCC3)CC2)c1. The largest absolute Gasteiger partial charge is 0.497 e. The molecule has 1 aliphatic carbocycles. The van der Waals surface area contributed by atoms with Crippen LogP contribution in [0.15, 0.2) is 41.8 Å². The van der Waals surface area contributed by atoms with Crippen molar-refractivity contribution in [3.63, 3.8) is 0 Å². The van der Waals surface area contributed by atoms with E-state index in [1.165, 1.54) is 42.7 Å². The van der Waals surface area contributed by atoms with E-state index >= 15 is 0 Å². The summed E-state index contributed by atoms with van der Waals surface area (Å²) in [6.45, 7) is 3.88. The van der Waals surface area contributed by atoms with Gasteiger partial charge in [0.25, 0.3) is 0 Å². The van der Waals surface area contributed by atoms with Crippen molar-refractivity contribution >= 4 is 17.0 Å². The third kappa shape index (κ3) is 4.32. The van der Waals surface area contributed by atoms with Gasteiger partial charge in [0, 0.05) is 42.8 Å². The lowest BCUT2D eigenvalue weighted by molar-refractivity contribution is 0.196. The van der Waals surface area contributed by atoms with Crippen LogP contribution in [0.3, 0.4) is 0 Å². The summed E-state index contributed by atoms with van der Waals surface area (Å²) in [4.78, 5) is 6.31. The minimum absolute atomic E-state index is 0.115. The lowest BCUT2D eigenvalue weighted by atomic mass is 9.95. The Balaban J connectivity index is 1.37. The predicted octanol–water partition coefficient (Wildman–Crippen LogP) is 4.16. The van der Waals surface area contributed by atoms with Crippen LogP contribution in [-0.4, -0.2) is 58.4 Å². The first-order valence-electron chi connectivity index (χ1n) is 11.3. The Labute approximate surface area is 187 Å². The molecule has 1 saturated carbocycles. The smallest absolute Gasteiger partial charge is 0.174 e. The first-order valence-corrected chi connectivity index (χ1v) is 12.2. The van der Waals surface area contributed by atoms with Gasteiger partial charge in [-0.25, -0.2) is 4.68 Å². The van der Waals surface area contributed by atoms with Crippen LogP contribution in [-0.2, 0) is 0 Å². The number of methoxy groups -OCH3 is 1. The molecule has 0 radical (unpaired) electrons. The molecule has 3 heterocycles. The predicted molar refractivity (Wildman–Crippen MR) is 123 cm³/mol. The number of thiophene rings is 1. The molecule has 2 fully saturated rings. The lowest BCUT2D eigenvalue weighted by Crippen LogP contribution is -2.48. The standard InChI is InChI=1S/C23H30N6OS/c1-30-20-10-5-9-19(17-20)27-12-14-28(15-13-27)22(21-11-6-16-31-21)23-24-25-26-29(23)18-7-3-2-4-8-18/h5-6,9-11,16-18,22H,2-4,7-8,12-15H2,1H3. The summed E-state index contributed by atoms with van der Waals surface area (Å²) in [5.74, 6) is 1.91. The minimum atomic E-state index is 0.115. The highest BCUT2D eigenvalue weighted by Gasteiger charge is 2.33. The van der Waals surface area contributed by atoms with Crippen LogP contribution in [0.1, 0.15) is 54.9 Å². The van der Waals surface area contributed by atoms with Crippen molar-refractivity contribution in [2.24, 2.45) is 0 Å². The zero-order valence-electron chi connectivity index (χ0n) is 18.1. The van der Waals surface area contributed by atoms with E-state index in [0.717, 1.165) is 37.8 Å². The number of hydrogen-bond acceptors (Lipinski definition) is 7. The molecule has 5 rings (SSSR count).